The predicted octanol–water partition coefficient (Wildman–Crippen LogP) is 4.07. The van der Waals surface area contributed by atoms with E-state index < -0.39 is 0 Å². The van der Waals surface area contributed by atoms with Crippen molar-refractivity contribution >= 4 is 38.9 Å². The van der Waals surface area contributed by atoms with Gasteiger partial charge in [0.2, 0.25) is 0 Å². The number of benzene rings is 1. The highest BCUT2D eigenvalue weighted by molar-refractivity contribution is 9.10. The lowest BCUT2D eigenvalue weighted by atomic mass is 10.1. The van der Waals surface area contributed by atoms with Gasteiger partial charge in [-0.1, -0.05) is 0 Å². The van der Waals surface area contributed by atoms with E-state index >= 15 is 0 Å². The molecule has 0 radical (unpaired) electrons. The molecule has 104 valence electrons. The van der Waals surface area contributed by atoms with Crippen molar-refractivity contribution in [2.24, 2.45) is 0 Å². The third-order valence-electron chi connectivity index (χ3n) is 3.68. The highest BCUT2D eigenvalue weighted by atomic mass is 79.9. The number of halogens is 1. The summed E-state index contributed by atoms with van der Waals surface area (Å²) >= 11 is 5.03. The van der Waals surface area contributed by atoms with Crippen LogP contribution in [0.1, 0.15) is 34.8 Å². The Bertz CT molecular complexity index is 627. The van der Waals surface area contributed by atoms with Gasteiger partial charge in [-0.2, -0.15) is 11.3 Å². The maximum atomic E-state index is 12.7. The number of carbonyl (C=O) groups is 1. The van der Waals surface area contributed by atoms with Gasteiger partial charge in [0.25, 0.3) is 5.91 Å². The molecule has 1 saturated heterocycles. The minimum Gasteiger partial charge on any atom is -0.398 e. The molecule has 5 heteroatoms. The number of nitrogens with zero attached hydrogens (tertiary/aromatic N) is 1. The summed E-state index contributed by atoms with van der Waals surface area (Å²) in [6, 6.07) is 7.72. The average Bonchev–Trinajstić information content (AvgIpc) is 3.10. The molecule has 1 aliphatic heterocycles. The number of thiophene rings is 1. The first kappa shape index (κ1) is 13.6. The SMILES string of the molecule is Nc1cc(C(=O)N2CCCC2c2ccsc2)ccc1Br. The monoisotopic (exact) mass is 350 g/mol. The van der Waals surface area contributed by atoms with E-state index in [0.717, 1.165) is 23.9 Å². The van der Waals surface area contributed by atoms with Gasteiger partial charge in [-0.25, -0.2) is 0 Å². The summed E-state index contributed by atoms with van der Waals surface area (Å²) in [7, 11) is 0. The maximum Gasteiger partial charge on any atom is 0.254 e. The zero-order chi connectivity index (χ0) is 14.1. The van der Waals surface area contributed by atoms with E-state index in [9.17, 15) is 4.79 Å². The van der Waals surface area contributed by atoms with Crippen molar-refractivity contribution in [1.29, 1.82) is 0 Å². The number of carbonyl (C=O) groups excluding carboxylic acids is 1. The largest absolute Gasteiger partial charge is 0.398 e. The summed E-state index contributed by atoms with van der Waals surface area (Å²) < 4.78 is 0.824. The van der Waals surface area contributed by atoms with E-state index in [2.05, 4.69) is 32.8 Å². The molecule has 0 saturated carbocycles. The Morgan fingerprint density at radius 2 is 2.25 bits per heavy atom. The van der Waals surface area contributed by atoms with Crippen LogP contribution in [0, 0.1) is 0 Å². The van der Waals surface area contributed by atoms with Crippen molar-refractivity contribution < 1.29 is 4.79 Å². The molecule has 1 unspecified atom stereocenters. The average molecular weight is 351 g/mol. The summed E-state index contributed by atoms with van der Waals surface area (Å²) in [4.78, 5) is 14.6. The zero-order valence-corrected chi connectivity index (χ0v) is 13.3. The van der Waals surface area contributed by atoms with Crippen LogP contribution >= 0.6 is 27.3 Å². The van der Waals surface area contributed by atoms with Crippen molar-refractivity contribution in [2.75, 3.05) is 12.3 Å². The lowest BCUT2D eigenvalue weighted by Crippen LogP contribution is -2.30. The van der Waals surface area contributed by atoms with E-state index in [4.69, 9.17) is 5.73 Å². The van der Waals surface area contributed by atoms with Gasteiger partial charge in [0.1, 0.15) is 0 Å². The fraction of sp³-hybridized carbons (Fsp3) is 0.267. The predicted molar refractivity (Wildman–Crippen MR) is 85.9 cm³/mol. The Hall–Kier alpha value is -1.33. The van der Waals surface area contributed by atoms with Crippen molar-refractivity contribution in [3.8, 4) is 0 Å². The van der Waals surface area contributed by atoms with Crippen molar-refractivity contribution in [1.82, 2.24) is 4.90 Å². The molecule has 3 nitrogen and oxygen atoms in total. The van der Waals surface area contributed by atoms with Crippen LogP contribution in [0.4, 0.5) is 5.69 Å². The first-order valence-electron chi connectivity index (χ1n) is 6.55. The molecule has 0 aliphatic carbocycles. The molecule has 2 heterocycles. The van der Waals surface area contributed by atoms with Crippen LogP contribution in [0.25, 0.3) is 0 Å². The second kappa shape index (κ2) is 5.58. The fourth-order valence-corrected chi connectivity index (χ4v) is 3.62. The minimum atomic E-state index is 0.0675. The molecule has 2 N–H and O–H groups in total. The molecule has 0 spiro atoms. The summed E-state index contributed by atoms with van der Waals surface area (Å²) in [5.41, 5.74) is 8.37. The number of likely N-dealkylation sites (tertiary alicyclic amines) is 1. The first-order valence-corrected chi connectivity index (χ1v) is 8.28. The number of nitrogen functional groups attached to an aromatic ring is 1. The number of anilines is 1. The molecule has 20 heavy (non-hydrogen) atoms. The second-order valence-electron chi connectivity index (χ2n) is 4.95. The molecule has 1 aromatic heterocycles. The minimum absolute atomic E-state index is 0.0675. The van der Waals surface area contributed by atoms with Gasteiger partial charge in [-0.15, -0.1) is 0 Å². The third kappa shape index (κ3) is 2.47. The van der Waals surface area contributed by atoms with Crippen LogP contribution in [-0.2, 0) is 0 Å². The molecule has 0 bridgehead atoms. The van der Waals surface area contributed by atoms with Gasteiger partial charge in [0.05, 0.1) is 6.04 Å². The van der Waals surface area contributed by atoms with E-state index in [0.29, 0.717) is 11.3 Å². The maximum absolute atomic E-state index is 12.7. The highest BCUT2D eigenvalue weighted by Gasteiger charge is 2.30. The Labute approximate surface area is 130 Å². The van der Waals surface area contributed by atoms with Crippen LogP contribution in [-0.4, -0.2) is 17.4 Å². The number of hydrogen-bond acceptors (Lipinski definition) is 3. The highest BCUT2D eigenvalue weighted by Crippen LogP contribution is 2.34. The number of nitrogens with two attached hydrogens (primary N) is 1. The Morgan fingerprint density at radius 3 is 2.95 bits per heavy atom. The second-order valence-corrected chi connectivity index (χ2v) is 6.58. The summed E-state index contributed by atoms with van der Waals surface area (Å²) in [6.45, 7) is 0.815. The Kier molecular flexibility index (Phi) is 3.81. The van der Waals surface area contributed by atoms with Gasteiger partial charge < -0.3 is 10.6 Å². The van der Waals surface area contributed by atoms with Crippen LogP contribution in [0.15, 0.2) is 39.5 Å². The lowest BCUT2D eigenvalue weighted by molar-refractivity contribution is 0.0736. The van der Waals surface area contributed by atoms with Gasteiger partial charge in [0.15, 0.2) is 0 Å². The molecule has 1 atom stereocenters. The Morgan fingerprint density at radius 1 is 1.40 bits per heavy atom. The van der Waals surface area contributed by atoms with Crippen molar-refractivity contribution in [2.45, 2.75) is 18.9 Å². The molecular weight excluding hydrogens is 336 g/mol. The standard InChI is InChI=1S/C15H15BrN2OS/c16-12-4-3-10(8-13(12)17)15(19)18-6-1-2-14(18)11-5-7-20-9-11/h3-5,7-9,14H,1-2,6,17H2. The quantitative estimate of drug-likeness (QED) is 0.829. The Balaban J connectivity index is 1.87. The smallest absolute Gasteiger partial charge is 0.254 e. The van der Waals surface area contributed by atoms with Gasteiger partial charge >= 0.3 is 0 Å². The van der Waals surface area contributed by atoms with Crippen LogP contribution in [0.2, 0.25) is 0 Å². The van der Waals surface area contributed by atoms with Gasteiger partial charge in [-0.05, 0) is 69.4 Å². The normalized spacial score (nSPS) is 18.4. The molecule has 3 rings (SSSR count). The van der Waals surface area contributed by atoms with Crippen LogP contribution < -0.4 is 5.73 Å². The third-order valence-corrected chi connectivity index (χ3v) is 5.11. The van der Waals surface area contributed by atoms with Crippen molar-refractivity contribution in [3.63, 3.8) is 0 Å². The lowest BCUT2D eigenvalue weighted by Gasteiger charge is -2.24. The van der Waals surface area contributed by atoms with E-state index in [1.807, 2.05) is 17.0 Å². The molecule has 1 amide bonds. The van der Waals surface area contributed by atoms with Crippen LogP contribution in [0.3, 0.4) is 0 Å². The molecule has 1 fully saturated rings. The number of hydrogen-bond donors (Lipinski definition) is 1. The van der Waals surface area contributed by atoms with E-state index in [1.165, 1.54) is 5.56 Å². The molecule has 1 aromatic carbocycles. The molecule has 2 aromatic rings. The number of amides is 1. The number of rotatable bonds is 2. The fourth-order valence-electron chi connectivity index (χ4n) is 2.66. The van der Waals surface area contributed by atoms with Gasteiger partial charge in [-0.3, -0.25) is 4.79 Å². The summed E-state index contributed by atoms with van der Waals surface area (Å²) in [6.07, 6.45) is 2.09. The topological polar surface area (TPSA) is 46.3 Å². The van der Waals surface area contributed by atoms with Crippen LogP contribution in [0.5, 0.6) is 0 Å². The first-order chi connectivity index (χ1) is 9.66. The summed E-state index contributed by atoms with van der Waals surface area (Å²) in [5, 5.41) is 4.19. The van der Waals surface area contributed by atoms with E-state index in [1.54, 1.807) is 17.4 Å². The van der Waals surface area contributed by atoms with E-state index in [-0.39, 0.29) is 11.9 Å². The summed E-state index contributed by atoms with van der Waals surface area (Å²) in [5.74, 6) is 0.0675. The zero-order valence-electron chi connectivity index (χ0n) is 10.9. The molecule has 1 aliphatic rings. The van der Waals surface area contributed by atoms with Crippen molar-refractivity contribution in [3.05, 3.63) is 50.6 Å². The van der Waals surface area contributed by atoms with Gasteiger partial charge in [0, 0.05) is 22.3 Å². The molecular formula is C15H15BrN2OS.